The van der Waals surface area contributed by atoms with Crippen LogP contribution in [-0.2, 0) is 6.54 Å². The maximum atomic E-state index is 4.25. The van der Waals surface area contributed by atoms with Gasteiger partial charge >= 0.3 is 0 Å². The van der Waals surface area contributed by atoms with Crippen LogP contribution in [0, 0.1) is 0 Å². The molecule has 0 aliphatic carbocycles. The Kier molecular flexibility index (Phi) is 6.45. The Bertz CT molecular complexity index is 615. The van der Waals surface area contributed by atoms with Crippen molar-refractivity contribution in [3.8, 4) is 0 Å². The van der Waals surface area contributed by atoms with Gasteiger partial charge < -0.3 is 10.6 Å². The highest BCUT2D eigenvalue weighted by atomic mass is 127. The third-order valence-electron chi connectivity index (χ3n) is 2.99. The van der Waals surface area contributed by atoms with Crippen LogP contribution in [0.5, 0.6) is 0 Å². The normalized spacial score (nSPS) is 11.9. The van der Waals surface area contributed by atoms with E-state index in [1.165, 1.54) is 16.3 Å². The van der Waals surface area contributed by atoms with Gasteiger partial charge in [0.05, 0.1) is 0 Å². The van der Waals surface area contributed by atoms with E-state index in [9.17, 15) is 0 Å². The summed E-state index contributed by atoms with van der Waals surface area (Å²) in [5.74, 6) is 0.825. The Hall–Kier alpha value is -1.30. The molecule has 2 N–H and O–H groups in total. The zero-order valence-electron chi connectivity index (χ0n) is 13.1. The van der Waals surface area contributed by atoms with Crippen LogP contribution in [0.1, 0.15) is 26.3 Å². The van der Waals surface area contributed by atoms with Gasteiger partial charge in [0.2, 0.25) is 0 Å². The Balaban J connectivity index is 0.00000220. The van der Waals surface area contributed by atoms with Crippen LogP contribution in [0.4, 0.5) is 0 Å². The molecule has 4 heteroatoms. The van der Waals surface area contributed by atoms with Gasteiger partial charge in [0.1, 0.15) is 0 Å². The van der Waals surface area contributed by atoms with E-state index in [2.05, 4.69) is 78.9 Å². The van der Waals surface area contributed by atoms with Crippen LogP contribution in [0.3, 0.4) is 0 Å². The number of aliphatic imine (C=N–C) groups is 1. The highest BCUT2D eigenvalue weighted by molar-refractivity contribution is 14.0. The number of rotatable bonds is 2. The molecule has 0 aromatic heterocycles. The van der Waals surface area contributed by atoms with Gasteiger partial charge in [0, 0.05) is 19.1 Å². The fraction of sp³-hybridized carbons (Fsp3) is 0.353. The van der Waals surface area contributed by atoms with E-state index >= 15 is 0 Å². The molecule has 2 aromatic carbocycles. The Labute approximate surface area is 144 Å². The average molecular weight is 397 g/mol. The SMILES string of the molecule is CN=C(NCc1ccc2ccccc2c1)NC(C)(C)C.I. The minimum Gasteiger partial charge on any atom is -0.352 e. The van der Waals surface area contributed by atoms with Crippen LogP contribution < -0.4 is 10.6 Å². The first-order valence-corrected chi connectivity index (χ1v) is 6.94. The highest BCUT2D eigenvalue weighted by Gasteiger charge is 2.11. The molecule has 0 atom stereocenters. The molecule has 0 aliphatic heterocycles. The van der Waals surface area contributed by atoms with Crippen LogP contribution in [0.15, 0.2) is 47.5 Å². The predicted molar refractivity (Wildman–Crippen MR) is 102 cm³/mol. The number of nitrogens with one attached hydrogen (secondary N) is 2. The molecule has 21 heavy (non-hydrogen) atoms. The predicted octanol–water partition coefficient (Wildman–Crippen LogP) is 3.92. The lowest BCUT2D eigenvalue weighted by atomic mass is 10.1. The van der Waals surface area contributed by atoms with Crippen molar-refractivity contribution in [2.75, 3.05) is 7.05 Å². The first-order valence-electron chi connectivity index (χ1n) is 6.94. The molecule has 0 aliphatic rings. The van der Waals surface area contributed by atoms with E-state index in [0.29, 0.717) is 0 Å². The van der Waals surface area contributed by atoms with Crippen molar-refractivity contribution in [2.45, 2.75) is 32.9 Å². The highest BCUT2D eigenvalue weighted by Crippen LogP contribution is 2.15. The number of halogens is 1. The Morgan fingerprint density at radius 3 is 2.33 bits per heavy atom. The number of hydrogen-bond acceptors (Lipinski definition) is 1. The van der Waals surface area contributed by atoms with Crippen molar-refractivity contribution in [3.63, 3.8) is 0 Å². The third-order valence-corrected chi connectivity index (χ3v) is 2.99. The second kappa shape index (κ2) is 7.64. The largest absolute Gasteiger partial charge is 0.352 e. The quantitative estimate of drug-likeness (QED) is 0.458. The number of nitrogens with zero attached hydrogens (tertiary/aromatic N) is 1. The molecule has 3 nitrogen and oxygen atoms in total. The maximum Gasteiger partial charge on any atom is 0.191 e. The lowest BCUT2D eigenvalue weighted by molar-refractivity contribution is 0.501. The van der Waals surface area contributed by atoms with Crippen molar-refractivity contribution >= 4 is 40.7 Å². The third kappa shape index (κ3) is 5.53. The standard InChI is InChI=1S/C17H23N3.HI/c1-17(2,3)20-16(18-4)19-12-13-9-10-14-7-5-6-8-15(14)11-13;/h5-11H,12H2,1-4H3,(H2,18,19,20);1H. The van der Waals surface area contributed by atoms with E-state index < -0.39 is 0 Å². The summed E-state index contributed by atoms with van der Waals surface area (Å²) in [5.41, 5.74) is 1.26. The lowest BCUT2D eigenvalue weighted by Crippen LogP contribution is -2.47. The van der Waals surface area contributed by atoms with Gasteiger partial charge in [-0.05, 0) is 43.2 Å². The molecule has 0 heterocycles. The summed E-state index contributed by atoms with van der Waals surface area (Å²) in [6.07, 6.45) is 0. The second-order valence-electron chi connectivity index (χ2n) is 5.98. The fourth-order valence-corrected chi connectivity index (χ4v) is 2.07. The Morgan fingerprint density at radius 1 is 1.05 bits per heavy atom. The lowest BCUT2D eigenvalue weighted by Gasteiger charge is -2.23. The van der Waals surface area contributed by atoms with Gasteiger partial charge in [-0.2, -0.15) is 0 Å². The monoisotopic (exact) mass is 397 g/mol. The van der Waals surface area contributed by atoms with E-state index in [4.69, 9.17) is 0 Å². The van der Waals surface area contributed by atoms with Crippen LogP contribution >= 0.6 is 24.0 Å². The smallest absolute Gasteiger partial charge is 0.191 e. The Morgan fingerprint density at radius 2 is 1.71 bits per heavy atom. The molecule has 0 unspecified atom stereocenters. The van der Waals surface area contributed by atoms with E-state index in [1.54, 1.807) is 7.05 Å². The maximum absolute atomic E-state index is 4.25. The molecule has 0 saturated carbocycles. The van der Waals surface area contributed by atoms with Gasteiger partial charge in [-0.1, -0.05) is 36.4 Å². The summed E-state index contributed by atoms with van der Waals surface area (Å²) in [7, 11) is 1.79. The van der Waals surface area contributed by atoms with E-state index in [1.807, 2.05) is 0 Å². The van der Waals surface area contributed by atoms with Crippen molar-refractivity contribution in [1.29, 1.82) is 0 Å². The van der Waals surface area contributed by atoms with Gasteiger partial charge in [0.25, 0.3) is 0 Å². The van der Waals surface area contributed by atoms with Crippen LogP contribution in [0.25, 0.3) is 10.8 Å². The molecule has 0 radical (unpaired) electrons. The van der Waals surface area contributed by atoms with Crippen molar-refractivity contribution in [2.24, 2.45) is 4.99 Å². The molecule has 0 spiro atoms. The average Bonchev–Trinajstić information content (AvgIpc) is 2.42. The second-order valence-corrected chi connectivity index (χ2v) is 5.98. The summed E-state index contributed by atoms with van der Waals surface area (Å²) in [6.45, 7) is 7.13. The molecular formula is C17H24IN3. The van der Waals surface area contributed by atoms with Crippen LogP contribution in [-0.4, -0.2) is 18.5 Å². The molecule has 2 aromatic rings. The van der Waals surface area contributed by atoms with Gasteiger partial charge in [-0.15, -0.1) is 24.0 Å². The molecule has 0 bridgehead atoms. The summed E-state index contributed by atoms with van der Waals surface area (Å²) in [4.78, 5) is 4.25. The van der Waals surface area contributed by atoms with Crippen LogP contribution in [0.2, 0.25) is 0 Å². The molecule has 0 saturated heterocycles. The van der Waals surface area contributed by atoms with Gasteiger partial charge in [0.15, 0.2) is 5.96 Å². The fourth-order valence-electron chi connectivity index (χ4n) is 2.07. The number of guanidine groups is 1. The molecule has 0 amide bonds. The molecule has 114 valence electrons. The first-order chi connectivity index (χ1) is 9.48. The molecule has 2 rings (SSSR count). The first kappa shape index (κ1) is 17.8. The minimum absolute atomic E-state index is 0. The number of hydrogen-bond donors (Lipinski definition) is 2. The molecule has 0 fully saturated rings. The zero-order valence-corrected chi connectivity index (χ0v) is 15.4. The number of fused-ring (bicyclic) bond motifs is 1. The summed E-state index contributed by atoms with van der Waals surface area (Å²) in [5, 5.41) is 9.24. The van der Waals surface area contributed by atoms with Crippen molar-refractivity contribution < 1.29 is 0 Å². The minimum atomic E-state index is 0. The number of benzene rings is 2. The van der Waals surface area contributed by atoms with E-state index in [0.717, 1.165) is 12.5 Å². The topological polar surface area (TPSA) is 36.4 Å². The molecular weight excluding hydrogens is 373 g/mol. The summed E-state index contributed by atoms with van der Waals surface area (Å²) in [6, 6.07) is 14.9. The van der Waals surface area contributed by atoms with Gasteiger partial charge in [-0.3, -0.25) is 4.99 Å². The van der Waals surface area contributed by atoms with Gasteiger partial charge in [-0.25, -0.2) is 0 Å². The summed E-state index contributed by atoms with van der Waals surface area (Å²) >= 11 is 0. The zero-order chi connectivity index (χ0) is 14.6. The van der Waals surface area contributed by atoms with Crippen molar-refractivity contribution in [3.05, 3.63) is 48.0 Å². The van der Waals surface area contributed by atoms with Crippen molar-refractivity contribution in [1.82, 2.24) is 10.6 Å². The summed E-state index contributed by atoms with van der Waals surface area (Å²) < 4.78 is 0. The van der Waals surface area contributed by atoms with E-state index in [-0.39, 0.29) is 29.5 Å².